The number of hydrogen-bond acceptors (Lipinski definition) is 5. The van der Waals surface area contributed by atoms with Crippen LogP contribution in [0.25, 0.3) is 0 Å². The molecule has 3 rings (SSSR count). The molecule has 7 nitrogen and oxygen atoms in total. The van der Waals surface area contributed by atoms with Gasteiger partial charge in [0.15, 0.2) is 5.82 Å². The fraction of sp³-hybridized carbons (Fsp3) is 0.471. The number of nitrogens with zero attached hydrogens (tertiary/aromatic N) is 4. The third-order valence-corrected chi connectivity index (χ3v) is 4.89. The molecule has 1 amide bonds. The van der Waals surface area contributed by atoms with E-state index < -0.39 is 5.54 Å². The zero-order valence-corrected chi connectivity index (χ0v) is 14.5. The molecule has 2 N–H and O–H groups in total. The molecule has 1 aliphatic carbocycles. The fourth-order valence-electron chi connectivity index (χ4n) is 3.32. The topological polar surface area (TPSA) is 86.3 Å². The highest BCUT2D eigenvalue weighted by molar-refractivity contribution is 5.89. The van der Waals surface area contributed by atoms with Crippen LogP contribution < -0.4 is 10.5 Å². The van der Waals surface area contributed by atoms with Gasteiger partial charge >= 0.3 is 0 Å². The summed E-state index contributed by atoms with van der Waals surface area (Å²) in [5, 5.41) is 8.15. The van der Waals surface area contributed by atoms with Gasteiger partial charge in [-0.1, -0.05) is 12.1 Å². The molecule has 0 fully saturated rings. The van der Waals surface area contributed by atoms with Crippen LogP contribution in [0.3, 0.4) is 0 Å². The first-order valence-electron chi connectivity index (χ1n) is 7.94. The molecule has 1 aromatic carbocycles. The summed E-state index contributed by atoms with van der Waals surface area (Å²) >= 11 is 0. The third kappa shape index (κ3) is 2.45. The van der Waals surface area contributed by atoms with E-state index in [0.717, 1.165) is 34.9 Å². The second-order valence-electron chi connectivity index (χ2n) is 6.34. The fourth-order valence-corrected chi connectivity index (χ4v) is 3.32. The van der Waals surface area contributed by atoms with E-state index in [4.69, 9.17) is 10.5 Å². The number of hydrogen-bond donors (Lipinski definition) is 1. The number of ether oxygens (including phenoxy) is 1. The van der Waals surface area contributed by atoms with E-state index >= 15 is 0 Å². The predicted molar refractivity (Wildman–Crippen MR) is 89.4 cm³/mol. The van der Waals surface area contributed by atoms with Crippen LogP contribution in [0.2, 0.25) is 0 Å². The van der Waals surface area contributed by atoms with Crippen molar-refractivity contribution in [1.29, 1.82) is 0 Å². The summed E-state index contributed by atoms with van der Waals surface area (Å²) in [6, 6.07) is 5.70. The number of rotatable bonds is 4. The molecule has 1 aromatic heterocycles. The van der Waals surface area contributed by atoms with Crippen LogP contribution in [0.1, 0.15) is 29.2 Å². The number of aryl methyl sites for hydroxylation is 1. The minimum atomic E-state index is -1.02. The van der Waals surface area contributed by atoms with Gasteiger partial charge in [-0.25, -0.2) is 0 Å². The summed E-state index contributed by atoms with van der Waals surface area (Å²) in [6.45, 7) is 2.25. The van der Waals surface area contributed by atoms with Crippen LogP contribution in [0.4, 0.5) is 0 Å². The largest absolute Gasteiger partial charge is 0.496 e. The molecule has 0 bridgehead atoms. The van der Waals surface area contributed by atoms with Gasteiger partial charge in [0, 0.05) is 14.1 Å². The molecule has 0 radical (unpaired) electrons. The highest BCUT2D eigenvalue weighted by Gasteiger charge is 2.44. The Balaban J connectivity index is 1.87. The van der Waals surface area contributed by atoms with Crippen molar-refractivity contribution in [2.24, 2.45) is 12.8 Å². The lowest BCUT2D eigenvalue weighted by molar-refractivity contribution is -0.136. The van der Waals surface area contributed by atoms with Gasteiger partial charge < -0.3 is 19.9 Å². The number of likely N-dealkylation sites (N-methyl/N-ethyl adjacent to an activating group) is 1. The Bertz CT molecular complexity index is 785. The Kier molecular flexibility index (Phi) is 4.04. The van der Waals surface area contributed by atoms with E-state index in [1.807, 2.05) is 36.7 Å². The number of amides is 1. The molecular formula is C17H23N5O2. The van der Waals surface area contributed by atoms with Crippen molar-refractivity contribution < 1.29 is 9.53 Å². The van der Waals surface area contributed by atoms with Gasteiger partial charge in [-0.2, -0.15) is 0 Å². The van der Waals surface area contributed by atoms with E-state index in [1.54, 1.807) is 19.1 Å². The quantitative estimate of drug-likeness (QED) is 0.900. The average molecular weight is 329 g/mol. The van der Waals surface area contributed by atoms with Crippen LogP contribution >= 0.6 is 0 Å². The molecule has 0 saturated heterocycles. The molecule has 128 valence electrons. The van der Waals surface area contributed by atoms with Crippen LogP contribution in [0.15, 0.2) is 18.2 Å². The summed E-state index contributed by atoms with van der Waals surface area (Å²) in [5.41, 5.74) is 7.41. The Morgan fingerprint density at radius 3 is 2.83 bits per heavy atom. The first-order valence-corrected chi connectivity index (χ1v) is 7.94. The number of methoxy groups -OCH3 is 1. The standard InChI is InChI=1S/C17H23N5O2/c1-11-19-20-15(22(11)3)10-21(2)16(23)17(18)9-8-12-13(17)6-5-7-14(12)24-4/h5-7H,8-10,18H2,1-4H3. The molecule has 24 heavy (non-hydrogen) atoms. The molecule has 0 saturated carbocycles. The number of aromatic nitrogens is 3. The molecule has 0 spiro atoms. The summed E-state index contributed by atoms with van der Waals surface area (Å²) < 4.78 is 7.28. The highest BCUT2D eigenvalue weighted by atomic mass is 16.5. The minimum absolute atomic E-state index is 0.116. The van der Waals surface area contributed by atoms with Crippen molar-refractivity contribution in [3.63, 3.8) is 0 Å². The lowest BCUT2D eigenvalue weighted by Gasteiger charge is -2.29. The second-order valence-corrected chi connectivity index (χ2v) is 6.34. The molecule has 0 aliphatic heterocycles. The summed E-state index contributed by atoms with van der Waals surface area (Å²) in [5.74, 6) is 2.22. The van der Waals surface area contributed by atoms with E-state index in [2.05, 4.69) is 10.2 Å². The Morgan fingerprint density at radius 1 is 1.46 bits per heavy atom. The zero-order valence-electron chi connectivity index (χ0n) is 14.5. The van der Waals surface area contributed by atoms with E-state index in [1.165, 1.54) is 0 Å². The summed E-state index contributed by atoms with van der Waals surface area (Å²) in [7, 11) is 5.27. The predicted octanol–water partition coefficient (Wildman–Crippen LogP) is 0.891. The Hall–Kier alpha value is -2.41. The van der Waals surface area contributed by atoms with Crippen molar-refractivity contribution in [3.05, 3.63) is 41.0 Å². The van der Waals surface area contributed by atoms with Crippen LogP contribution in [-0.4, -0.2) is 39.7 Å². The van der Waals surface area contributed by atoms with Crippen molar-refractivity contribution in [1.82, 2.24) is 19.7 Å². The Morgan fingerprint density at radius 2 is 2.21 bits per heavy atom. The normalized spacial score (nSPS) is 19.2. The van der Waals surface area contributed by atoms with E-state index in [-0.39, 0.29) is 5.91 Å². The third-order valence-electron chi connectivity index (χ3n) is 4.89. The lowest BCUT2D eigenvalue weighted by atomic mass is 9.91. The van der Waals surface area contributed by atoms with Crippen molar-refractivity contribution >= 4 is 5.91 Å². The highest BCUT2D eigenvalue weighted by Crippen LogP contribution is 2.40. The second kappa shape index (κ2) is 5.90. The maximum Gasteiger partial charge on any atom is 0.247 e. The van der Waals surface area contributed by atoms with Gasteiger partial charge in [-0.05, 0) is 37.0 Å². The van der Waals surface area contributed by atoms with Crippen molar-refractivity contribution in [2.75, 3.05) is 14.2 Å². The molecule has 1 heterocycles. The molecule has 1 atom stereocenters. The van der Waals surface area contributed by atoms with Gasteiger partial charge in [-0.15, -0.1) is 10.2 Å². The van der Waals surface area contributed by atoms with Crippen molar-refractivity contribution in [3.8, 4) is 5.75 Å². The maximum atomic E-state index is 13.1. The Labute approximate surface area is 141 Å². The van der Waals surface area contributed by atoms with Crippen molar-refractivity contribution in [2.45, 2.75) is 31.8 Å². The maximum absolute atomic E-state index is 13.1. The van der Waals surface area contributed by atoms with Gasteiger partial charge in [-0.3, -0.25) is 4.79 Å². The zero-order chi connectivity index (χ0) is 17.5. The number of nitrogens with two attached hydrogens (primary N) is 1. The lowest BCUT2D eigenvalue weighted by Crippen LogP contribution is -2.50. The van der Waals surface area contributed by atoms with Crippen LogP contribution in [-0.2, 0) is 30.3 Å². The molecule has 1 unspecified atom stereocenters. The summed E-state index contributed by atoms with van der Waals surface area (Å²) in [6.07, 6.45) is 1.31. The number of benzene rings is 1. The first kappa shape index (κ1) is 16.4. The SMILES string of the molecule is COc1cccc2c1CCC2(N)C(=O)N(C)Cc1nnc(C)n1C. The van der Waals surface area contributed by atoms with Gasteiger partial charge in [0.1, 0.15) is 17.1 Å². The molecular weight excluding hydrogens is 306 g/mol. The first-order chi connectivity index (χ1) is 11.4. The van der Waals surface area contributed by atoms with Crippen LogP contribution in [0.5, 0.6) is 5.75 Å². The minimum Gasteiger partial charge on any atom is -0.496 e. The number of fused-ring (bicyclic) bond motifs is 1. The van der Waals surface area contributed by atoms with E-state index in [0.29, 0.717) is 13.0 Å². The van der Waals surface area contributed by atoms with Gasteiger partial charge in [0.05, 0.1) is 13.7 Å². The van der Waals surface area contributed by atoms with Gasteiger partial charge in [0.2, 0.25) is 5.91 Å². The smallest absolute Gasteiger partial charge is 0.247 e. The molecule has 7 heteroatoms. The number of carbonyl (C=O) groups is 1. The van der Waals surface area contributed by atoms with Crippen LogP contribution in [0, 0.1) is 6.92 Å². The summed E-state index contributed by atoms with van der Waals surface area (Å²) in [4.78, 5) is 14.7. The molecule has 2 aromatic rings. The monoisotopic (exact) mass is 329 g/mol. The number of carbonyl (C=O) groups excluding carboxylic acids is 1. The van der Waals surface area contributed by atoms with Gasteiger partial charge in [0.25, 0.3) is 0 Å². The van der Waals surface area contributed by atoms with E-state index in [9.17, 15) is 4.79 Å². The molecule has 1 aliphatic rings. The average Bonchev–Trinajstić information content (AvgIpc) is 3.09.